The van der Waals surface area contributed by atoms with Crippen molar-refractivity contribution in [1.82, 2.24) is 24.9 Å². The zero-order valence-corrected chi connectivity index (χ0v) is 29.7. The molecule has 1 saturated carbocycles. The fourth-order valence-electron chi connectivity index (χ4n) is 7.03. The van der Waals surface area contributed by atoms with Crippen molar-refractivity contribution in [3.8, 4) is 17.0 Å². The first kappa shape index (κ1) is 39.8. The van der Waals surface area contributed by atoms with E-state index in [0.29, 0.717) is 50.7 Å². The maximum Gasteiger partial charge on any atom is 0.433 e. The van der Waals surface area contributed by atoms with Gasteiger partial charge < -0.3 is 19.9 Å². The van der Waals surface area contributed by atoms with E-state index in [9.17, 15) is 41.0 Å². The van der Waals surface area contributed by atoms with Crippen LogP contribution in [0.15, 0.2) is 54.1 Å². The minimum atomic E-state index is -4.99. The van der Waals surface area contributed by atoms with E-state index in [1.807, 2.05) is 13.8 Å². The molecule has 2 N–H and O–H groups in total. The molecule has 2 fully saturated rings. The molecule has 11 nitrogen and oxygen atoms in total. The lowest BCUT2D eigenvalue weighted by molar-refractivity contribution is -0.172. The molecule has 3 heterocycles. The predicted octanol–water partition coefficient (Wildman–Crippen LogP) is 6.51. The van der Waals surface area contributed by atoms with Crippen LogP contribution in [0.4, 0.5) is 40.8 Å². The number of halogens is 8. The first-order valence-electron chi connectivity index (χ1n) is 17.2. The smallest absolute Gasteiger partial charge is 0.433 e. The minimum Gasteiger partial charge on any atom is -0.509 e. The SMILES string of the molecule is C[C@H]1COC[C@H](C)N1CCOc1ccc(CN2C(=O)C(C(=O)Nc3ccc(C(F)(F)F)cc3-c3cc(C(F)(F)F)ncn3)=C(O)C3(CCC3)N2C)c(F)c1F. The third-order valence-electron chi connectivity index (χ3n) is 10.2. The largest absolute Gasteiger partial charge is 0.509 e. The number of nitrogens with one attached hydrogen (secondary N) is 1. The van der Waals surface area contributed by atoms with Crippen LogP contribution in [-0.2, 0) is 33.2 Å². The van der Waals surface area contributed by atoms with E-state index >= 15 is 8.78 Å². The molecule has 2 aromatic carbocycles. The van der Waals surface area contributed by atoms with Gasteiger partial charge in [0.15, 0.2) is 11.6 Å². The third-order valence-corrected chi connectivity index (χ3v) is 10.2. The molecule has 19 heteroatoms. The Balaban J connectivity index is 1.27. The van der Waals surface area contributed by atoms with Crippen LogP contribution in [0.2, 0.25) is 0 Å². The second-order valence-corrected chi connectivity index (χ2v) is 13.7. The number of likely N-dealkylation sites (N-methyl/N-ethyl adjacent to an activating group) is 1. The van der Waals surface area contributed by atoms with Gasteiger partial charge in [-0.1, -0.05) is 6.07 Å². The van der Waals surface area contributed by atoms with Crippen LogP contribution in [0.1, 0.15) is 49.9 Å². The Morgan fingerprint density at radius 3 is 2.31 bits per heavy atom. The average Bonchev–Trinajstić information content (AvgIpc) is 3.09. The Labute approximate surface area is 309 Å². The Kier molecular flexibility index (Phi) is 10.8. The highest BCUT2D eigenvalue weighted by molar-refractivity contribution is 6.24. The molecule has 1 aromatic heterocycles. The fourth-order valence-corrected chi connectivity index (χ4v) is 7.03. The van der Waals surface area contributed by atoms with E-state index in [1.54, 1.807) is 0 Å². The van der Waals surface area contributed by atoms with Gasteiger partial charge in [-0.2, -0.15) is 30.7 Å². The van der Waals surface area contributed by atoms with Crippen LogP contribution in [0, 0.1) is 11.6 Å². The molecular formula is C36H36F8N6O5. The molecule has 1 aliphatic carbocycles. The molecule has 1 spiro atoms. The van der Waals surface area contributed by atoms with Gasteiger partial charge in [0.05, 0.1) is 42.2 Å². The predicted molar refractivity (Wildman–Crippen MR) is 179 cm³/mol. The van der Waals surface area contributed by atoms with E-state index in [-0.39, 0.29) is 42.8 Å². The highest BCUT2D eigenvalue weighted by Gasteiger charge is 2.55. The van der Waals surface area contributed by atoms with Gasteiger partial charge in [0.1, 0.15) is 30.0 Å². The van der Waals surface area contributed by atoms with E-state index in [4.69, 9.17) is 9.47 Å². The molecule has 1 saturated heterocycles. The number of nitrogens with zero attached hydrogens (tertiary/aromatic N) is 5. The summed E-state index contributed by atoms with van der Waals surface area (Å²) in [5, 5.41) is 15.9. The Hall–Kier alpha value is -4.88. The van der Waals surface area contributed by atoms with Gasteiger partial charge in [0.2, 0.25) is 5.82 Å². The summed E-state index contributed by atoms with van der Waals surface area (Å²) in [5.74, 6) is -6.16. The van der Waals surface area contributed by atoms with E-state index in [2.05, 4.69) is 20.2 Å². The quantitative estimate of drug-likeness (QED) is 0.185. The Morgan fingerprint density at radius 2 is 1.69 bits per heavy atom. The van der Waals surface area contributed by atoms with E-state index < -0.39 is 87.4 Å². The maximum absolute atomic E-state index is 15.6. The van der Waals surface area contributed by atoms with Crippen molar-refractivity contribution in [2.75, 3.05) is 38.7 Å². The highest BCUT2D eigenvalue weighted by atomic mass is 19.4. The third kappa shape index (κ3) is 7.69. The lowest BCUT2D eigenvalue weighted by Crippen LogP contribution is -2.65. The van der Waals surface area contributed by atoms with Gasteiger partial charge in [-0.25, -0.2) is 19.4 Å². The number of aromatic nitrogens is 2. The first-order valence-corrected chi connectivity index (χ1v) is 17.2. The van der Waals surface area contributed by atoms with E-state index in [1.165, 1.54) is 24.2 Å². The van der Waals surface area contributed by atoms with Crippen LogP contribution >= 0.6 is 0 Å². The number of alkyl halides is 6. The fraction of sp³-hybridized carbons (Fsp3) is 0.444. The van der Waals surface area contributed by atoms with Crippen molar-refractivity contribution < 1.29 is 59.3 Å². The van der Waals surface area contributed by atoms with Gasteiger partial charge in [0, 0.05) is 36.8 Å². The second kappa shape index (κ2) is 15.0. The van der Waals surface area contributed by atoms with Gasteiger partial charge in [-0.3, -0.25) is 19.5 Å². The molecule has 2 atom stereocenters. The van der Waals surface area contributed by atoms with Crippen molar-refractivity contribution in [2.24, 2.45) is 0 Å². The van der Waals surface area contributed by atoms with Crippen molar-refractivity contribution in [2.45, 2.75) is 69.6 Å². The Morgan fingerprint density at radius 1 is 1.00 bits per heavy atom. The standard InChI is InChI=1S/C36H36F8N6O5/c1-19-16-54-17-20(2)49(19)11-12-55-26-8-5-21(29(37)30(26)38)15-50-33(53)28(31(51)34(48(50)3)9-4-10-34)32(52)47-24-7-6-22(35(39,40)41)13-23(24)25-14-27(36(42,43)44)46-18-45-25/h5-8,13-14,18-20,51H,4,9-12,15-17H2,1-3H3,(H,47,52)/t19-,20-/m0/s1. The summed E-state index contributed by atoms with van der Waals surface area (Å²) >= 11 is 0. The number of amides is 2. The van der Waals surface area contributed by atoms with Crippen LogP contribution < -0.4 is 10.1 Å². The van der Waals surface area contributed by atoms with Gasteiger partial charge in [0.25, 0.3) is 11.8 Å². The normalized spacial score (nSPS) is 20.9. The summed E-state index contributed by atoms with van der Waals surface area (Å²) in [4.78, 5) is 36.7. The topological polar surface area (TPSA) is 120 Å². The van der Waals surface area contributed by atoms with Gasteiger partial charge in [-0.05, 0) is 63.4 Å². The van der Waals surface area contributed by atoms with Crippen molar-refractivity contribution in [1.29, 1.82) is 0 Å². The number of carbonyl (C=O) groups excluding carboxylic acids is 2. The summed E-state index contributed by atoms with van der Waals surface area (Å²) in [6, 6.07) is 4.80. The zero-order valence-electron chi connectivity index (χ0n) is 29.7. The average molecular weight is 785 g/mol. The van der Waals surface area contributed by atoms with Gasteiger partial charge in [-0.15, -0.1) is 0 Å². The number of ether oxygens (including phenoxy) is 2. The molecule has 3 aromatic rings. The summed E-state index contributed by atoms with van der Waals surface area (Å²) < 4.78 is 123. The summed E-state index contributed by atoms with van der Waals surface area (Å²) in [7, 11) is 1.42. The van der Waals surface area contributed by atoms with Crippen LogP contribution in [0.5, 0.6) is 5.75 Å². The molecule has 3 aliphatic rings. The number of aliphatic hydroxyl groups is 1. The highest BCUT2D eigenvalue weighted by Crippen LogP contribution is 2.47. The number of anilines is 1. The molecule has 2 aliphatic heterocycles. The molecule has 0 bridgehead atoms. The summed E-state index contributed by atoms with van der Waals surface area (Å²) in [6.45, 7) is 4.85. The van der Waals surface area contributed by atoms with Crippen molar-refractivity contribution in [3.63, 3.8) is 0 Å². The molecule has 6 rings (SSSR count). The van der Waals surface area contributed by atoms with Gasteiger partial charge >= 0.3 is 12.4 Å². The number of aliphatic hydroxyl groups excluding tert-OH is 1. The first-order chi connectivity index (χ1) is 25.8. The van der Waals surface area contributed by atoms with Crippen molar-refractivity contribution in [3.05, 3.63) is 82.5 Å². The molecule has 55 heavy (non-hydrogen) atoms. The number of hydrazine groups is 1. The van der Waals surface area contributed by atoms with Crippen LogP contribution in [0.25, 0.3) is 11.3 Å². The molecule has 2 amide bonds. The lowest BCUT2D eigenvalue weighted by atomic mass is 9.72. The number of rotatable bonds is 9. The number of morpholine rings is 1. The number of carbonyl (C=O) groups is 2. The molecular weight excluding hydrogens is 748 g/mol. The lowest BCUT2D eigenvalue weighted by Gasteiger charge is -2.54. The maximum atomic E-state index is 15.6. The summed E-state index contributed by atoms with van der Waals surface area (Å²) in [6.07, 6.45) is -8.45. The van der Waals surface area contributed by atoms with Crippen LogP contribution in [-0.4, -0.2) is 92.8 Å². The molecule has 0 radical (unpaired) electrons. The number of hydrogen-bond donors (Lipinski definition) is 2. The molecule has 296 valence electrons. The summed E-state index contributed by atoms with van der Waals surface area (Å²) in [5.41, 5.74) is -6.95. The number of hydrogen-bond acceptors (Lipinski definition) is 9. The monoisotopic (exact) mass is 784 g/mol. The Bertz CT molecular complexity index is 1990. The van der Waals surface area contributed by atoms with Crippen molar-refractivity contribution >= 4 is 17.5 Å². The number of benzene rings is 2. The zero-order chi connectivity index (χ0) is 40.0. The molecule has 0 unspecified atom stereocenters. The van der Waals surface area contributed by atoms with E-state index in [0.717, 1.165) is 11.1 Å². The second-order valence-electron chi connectivity index (χ2n) is 13.7. The van der Waals surface area contributed by atoms with Crippen LogP contribution in [0.3, 0.4) is 0 Å². The minimum absolute atomic E-state index is 0.0458.